The lowest BCUT2D eigenvalue weighted by atomic mass is 10.1. The van der Waals surface area contributed by atoms with E-state index in [1.54, 1.807) is 0 Å². The first-order valence-corrected chi connectivity index (χ1v) is 7.17. The molecule has 0 radical (unpaired) electrons. The zero-order valence-corrected chi connectivity index (χ0v) is 11.8. The van der Waals surface area contributed by atoms with Gasteiger partial charge in [-0.2, -0.15) is 5.26 Å². The Kier molecular flexibility index (Phi) is 3.74. The maximum absolute atomic E-state index is 9.22. The number of nitrogens with zero attached hydrogens (tertiary/aromatic N) is 2. The van der Waals surface area contributed by atoms with Gasteiger partial charge in [0.1, 0.15) is 11.6 Å². The molecule has 4 nitrogen and oxygen atoms in total. The fourth-order valence-corrected chi connectivity index (χ4v) is 2.66. The topological polar surface area (TPSA) is 71.9 Å². The van der Waals surface area contributed by atoms with Crippen molar-refractivity contribution in [1.29, 1.82) is 5.26 Å². The third-order valence-corrected chi connectivity index (χ3v) is 3.80. The standard InChI is InChI=1S/C17H17N3O/c18-11-14-10-13-5-3-7-16(13)20-17(14)21-9-8-12-4-1-2-6-15(12)19/h1-2,4,6,10H,3,5,7-9,19H2. The first kappa shape index (κ1) is 13.4. The van der Waals surface area contributed by atoms with E-state index < -0.39 is 0 Å². The fraction of sp³-hybridized carbons (Fsp3) is 0.294. The van der Waals surface area contributed by atoms with E-state index >= 15 is 0 Å². The third kappa shape index (κ3) is 2.82. The van der Waals surface area contributed by atoms with Crippen LogP contribution in [0.5, 0.6) is 5.88 Å². The first-order chi connectivity index (χ1) is 10.3. The largest absolute Gasteiger partial charge is 0.476 e. The van der Waals surface area contributed by atoms with Crippen molar-refractivity contribution in [1.82, 2.24) is 4.98 Å². The van der Waals surface area contributed by atoms with Gasteiger partial charge in [-0.15, -0.1) is 0 Å². The molecule has 0 bridgehead atoms. The van der Waals surface area contributed by atoms with Gasteiger partial charge >= 0.3 is 0 Å². The van der Waals surface area contributed by atoms with Crippen molar-refractivity contribution >= 4 is 5.69 Å². The minimum atomic E-state index is 0.452. The van der Waals surface area contributed by atoms with Crippen LogP contribution in [-0.4, -0.2) is 11.6 Å². The van der Waals surface area contributed by atoms with Gasteiger partial charge < -0.3 is 10.5 Å². The summed E-state index contributed by atoms with van der Waals surface area (Å²) in [5.74, 6) is 0.452. The number of pyridine rings is 1. The summed E-state index contributed by atoms with van der Waals surface area (Å²) in [6, 6.07) is 11.8. The van der Waals surface area contributed by atoms with E-state index in [0.717, 1.165) is 36.2 Å². The van der Waals surface area contributed by atoms with Crippen molar-refractivity contribution in [2.45, 2.75) is 25.7 Å². The molecule has 106 valence electrons. The average Bonchev–Trinajstić information content (AvgIpc) is 2.95. The Hall–Kier alpha value is -2.54. The number of ether oxygens (including phenoxy) is 1. The number of para-hydroxylation sites is 1. The monoisotopic (exact) mass is 279 g/mol. The molecule has 1 heterocycles. The predicted octanol–water partition coefficient (Wildman–Crippen LogP) is 2.65. The van der Waals surface area contributed by atoms with Crippen molar-refractivity contribution in [3.8, 4) is 11.9 Å². The fourth-order valence-electron chi connectivity index (χ4n) is 2.66. The number of nitrogen functional groups attached to an aromatic ring is 1. The number of aryl methyl sites for hydroxylation is 2. The summed E-state index contributed by atoms with van der Waals surface area (Å²) in [7, 11) is 0. The predicted molar refractivity (Wildman–Crippen MR) is 81.0 cm³/mol. The summed E-state index contributed by atoms with van der Waals surface area (Å²) in [5.41, 5.74) is 10.5. The lowest BCUT2D eigenvalue weighted by molar-refractivity contribution is 0.308. The molecule has 0 amide bonds. The second kappa shape index (κ2) is 5.84. The van der Waals surface area contributed by atoms with Crippen molar-refractivity contribution < 1.29 is 4.74 Å². The molecular formula is C17H17N3O. The highest BCUT2D eigenvalue weighted by Gasteiger charge is 2.17. The minimum Gasteiger partial charge on any atom is -0.476 e. The molecule has 1 aliphatic carbocycles. The summed E-state index contributed by atoms with van der Waals surface area (Å²) in [4.78, 5) is 4.50. The van der Waals surface area contributed by atoms with Crippen molar-refractivity contribution in [3.05, 3.63) is 52.7 Å². The molecule has 0 saturated carbocycles. The number of nitrogens with two attached hydrogens (primary N) is 1. The summed E-state index contributed by atoms with van der Waals surface area (Å²) in [5, 5.41) is 9.22. The van der Waals surface area contributed by atoms with Crippen LogP contribution in [0.3, 0.4) is 0 Å². The zero-order valence-electron chi connectivity index (χ0n) is 11.8. The van der Waals surface area contributed by atoms with Crippen LogP contribution in [0.1, 0.15) is 28.8 Å². The maximum Gasteiger partial charge on any atom is 0.231 e. The smallest absolute Gasteiger partial charge is 0.231 e. The van der Waals surface area contributed by atoms with Gasteiger partial charge in [-0.25, -0.2) is 4.98 Å². The maximum atomic E-state index is 9.22. The molecule has 0 unspecified atom stereocenters. The highest BCUT2D eigenvalue weighted by Crippen LogP contribution is 2.26. The molecule has 1 aliphatic rings. The second-order valence-corrected chi connectivity index (χ2v) is 5.21. The average molecular weight is 279 g/mol. The number of rotatable bonds is 4. The minimum absolute atomic E-state index is 0.452. The summed E-state index contributed by atoms with van der Waals surface area (Å²) >= 11 is 0. The lowest BCUT2D eigenvalue weighted by Crippen LogP contribution is -2.07. The van der Waals surface area contributed by atoms with Crippen LogP contribution in [0, 0.1) is 11.3 Å². The van der Waals surface area contributed by atoms with Gasteiger partial charge in [0.05, 0.1) is 6.61 Å². The van der Waals surface area contributed by atoms with Crippen LogP contribution in [-0.2, 0) is 19.3 Å². The molecule has 2 N–H and O–H groups in total. The molecule has 1 aromatic carbocycles. The highest BCUT2D eigenvalue weighted by molar-refractivity contribution is 5.47. The second-order valence-electron chi connectivity index (χ2n) is 5.21. The number of benzene rings is 1. The van der Waals surface area contributed by atoms with E-state index in [1.165, 1.54) is 5.56 Å². The van der Waals surface area contributed by atoms with E-state index in [9.17, 15) is 5.26 Å². The number of fused-ring (bicyclic) bond motifs is 1. The van der Waals surface area contributed by atoms with Gasteiger partial charge in [-0.05, 0) is 42.5 Å². The van der Waals surface area contributed by atoms with E-state index in [-0.39, 0.29) is 0 Å². The quantitative estimate of drug-likeness (QED) is 0.873. The van der Waals surface area contributed by atoms with Crippen LogP contribution in [0.4, 0.5) is 5.69 Å². The molecular weight excluding hydrogens is 262 g/mol. The van der Waals surface area contributed by atoms with Crippen LogP contribution in [0.2, 0.25) is 0 Å². The van der Waals surface area contributed by atoms with E-state index in [0.29, 0.717) is 24.5 Å². The van der Waals surface area contributed by atoms with Gasteiger partial charge in [0.2, 0.25) is 5.88 Å². The molecule has 2 aromatic rings. The Morgan fingerprint density at radius 3 is 2.95 bits per heavy atom. The molecule has 0 spiro atoms. The zero-order chi connectivity index (χ0) is 14.7. The number of anilines is 1. The SMILES string of the molecule is N#Cc1cc2c(nc1OCCc1ccccc1N)CCC2. The van der Waals surface area contributed by atoms with Crippen LogP contribution >= 0.6 is 0 Å². The summed E-state index contributed by atoms with van der Waals surface area (Å²) in [6.07, 6.45) is 3.80. The molecule has 0 atom stereocenters. The lowest BCUT2D eigenvalue weighted by Gasteiger charge is -2.10. The Morgan fingerprint density at radius 1 is 1.29 bits per heavy atom. The Balaban J connectivity index is 1.71. The van der Waals surface area contributed by atoms with Gasteiger partial charge in [0, 0.05) is 17.8 Å². The molecule has 0 aliphatic heterocycles. The number of hydrogen-bond donors (Lipinski definition) is 1. The third-order valence-electron chi connectivity index (χ3n) is 3.80. The summed E-state index contributed by atoms with van der Waals surface area (Å²) < 4.78 is 5.72. The molecule has 21 heavy (non-hydrogen) atoms. The number of aromatic nitrogens is 1. The van der Waals surface area contributed by atoms with Crippen molar-refractivity contribution in [2.24, 2.45) is 0 Å². The van der Waals surface area contributed by atoms with Crippen molar-refractivity contribution in [3.63, 3.8) is 0 Å². The number of nitriles is 1. The molecule has 4 heteroatoms. The van der Waals surface area contributed by atoms with Crippen molar-refractivity contribution in [2.75, 3.05) is 12.3 Å². The van der Waals surface area contributed by atoms with E-state index in [1.807, 2.05) is 30.3 Å². The van der Waals surface area contributed by atoms with Crippen LogP contribution in [0.25, 0.3) is 0 Å². The molecule has 0 fully saturated rings. The van der Waals surface area contributed by atoms with Gasteiger partial charge in [-0.1, -0.05) is 18.2 Å². The van der Waals surface area contributed by atoms with Gasteiger partial charge in [0.25, 0.3) is 0 Å². The molecule has 1 aromatic heterocycles. The van der Waals surface area contributed by atoms with E-state index in [4.69, 9.17) is 10.5 Å². The van der Waals surface area contributed by atoms with Crippen LogP contribution in [0.15, 0.2) is 30.3 Å². The molecule has 3 rings (SSSR count). The Morgan fingerprint density at radius 2 is 2.14 bits per heavy atom. The number of hydrogen-bond acceptors (Lipinski definition) is 4. The molecule has 0 saturated heterocycles. The van der Waals surface area contributed by atoms with Gasteiger partial charge in [0.15, 0.2) is 0 Å². The Bertz CT molecular complexity index is 704. The summed E-state index contributed by atoms with van der Waals surface area (Å²) in [6.45, 7) is 0.467. The Labute approximate surface area is 124 Å². The van der Waals surface area contributed by atoms with Crippen LogP contribution < -0.4 is 10.5 Å². The van der Waals surface area contributed by atoms with Gasteiger partial charge in [-0.3, -0.25) is 0 Å². The highest BCUT2D eigenvalue weighted by atomic mass is 16.5. The van der Waals surface area contributed by atoms with E-state index in [2.05, 4.69) is 11.1 Å². The first-order valence-electron chi connectivity index (χ1n) is 7.17. The normalized spacial score (nSPS) is 12.7.